The van der Waals surface area contributed by atoms with Gasteiger partial charge in [-0.1, -0.05) is 18.2 Å². The highest BCUT2D eigenvalue weighted by molar-refractivity contribution is 5.45. The summed E-state index contributed by atoms with van der Waals surface area (Å²) in [6.07, 6.45) is 1.65. The lowest BCUT2D eigenvalue weighted by molar-refractivity contribution is -0.359. The average Bonchev–Trinajstić information content (AvgIpc) is 2.23. The number of ether oxygens (including phenoxy) is 2. The Balaban J connectivity index is 1.89. The van der Waals surface area contributed by atoms with Crippen molar-refractivity contribution in [3.63, 3.8) is 0 Å². The van der Waals surface area contributed by atoms with Crippen LogP contribution >= 0.6 is 0 Å². The third kappa shape index (κ3) is 2.58. The molecule has 0 unspecified atom stereocenters. The van der Waals surface area contributed by atoms with E-state index in [4.69, 9.17) is 9.47 Å². The first kappa shape index (κ1) is 10.2. The van der Waals surface area contributed by atoms with E-state index in [9.17, 15) is 0 Å². The van der Waals surface area contributed by atoms with Crippen molar-refractivity contribution < 1.29 is 9.47 Å². The predicted octanol–water partition coefficient (Wildman–Crippen LogP) is 2.72. The standard InChI is InChI=1S/C12H15NO2/c1-9(12-14-10(2)15-12)8-13-11-6-4-3-5-7-11/h3-8,10,12-13H,1-2H3/b9-8-. The van der Waals surface area contributed by atoms with E-state index < -0.39 is 0 Å². The van der Waals surface area contributed by atoms with Crippen LogP contribution in [0.1, 0.15) is 13.8 Å². The molecule has 0 spiro atoms. The van der Waals surface area contributed by atoms with Crippen LogP contribution in [0.5, 0.6) is 0 Å². The normalized spacial score (nSPS) is 25.9. The van der Waals surface area contributed by atoms with Crippen molar-refractivity contribution in [2.75, 3.05) is 5.32 Å². The van der Waals surface area contributed by atoms with Gasteiger partial charge in [-0.15, -0.1) is 0 Å². The highest BCUT2D eigenvalue weighted by Gasteiger charge is 2.27. The maximum atomic E-state index is 5.36. The van der Waals surface area contributed by atoms with Crippen molar-refractivity contribution in [2.24, 2.45) is 0 Å². The number of rotatable bonds is 3. The second-order valence-corrected chi connectivity index (χ2v) is 3.57. The van der Waals surface area contributed by atoms with Gasteiger partial charge >= 0.3 is 0 Å². The molecule has 3 nitrogen and oxygen atoms in total. The molecule has 1 fully saturated rings. The Hall–Kier alpha value is -1.32. The summed E-state index contributed by atoms with van der Waals surface area (Å²) in [5.74, 6) is 0. The average molecular weight is 205 g/mol. The summed E-state index contributed by atoms with van der Waals surface area (Å²) in [7, 11) is 0. The van der Waals surface area contributed by atoms with E-state index in [0.717, 1.165) is 11.3 Å². The smallest absolute Gasteiger partial charge is 0.187 e. The van der Waals surface area contributed by atoms with Gasteiger partial charge in [0.05, 0.1) is 0 Å². The van der Waals surface area contributed by atoms with Crippen LogP contribution in [0.4, 0.5) is 5.69 Å². The second kappa shape index (κ2) is 4.47. The van der Waals surface area contributed by atoms with Gasteiger partial charge in [0.15, 0.2) is 12.6 Å². The molecule has 1 aliphatic heterocycles. The fraction of sp³-hybridized carbons (Fsp3) is 0.333. The number of hydrogen-bond donors (Lipinski definition) is 1. The minimum atomic E-state index is -0.184. The number of benzene rings is 1. The summed E-state index contributed by atoms with van der Waals surface area (Å²) in [5.41, 5.74) is 2.10. The maximum Gasteiger partial charge on any atom is 0.187 e. The lowest BCUT2D eigenvalue weighted by atomic mass is 10.3. The van der Waals surface area contributed by atoms with Gasteiger partial charge < -0.3 is 14.8 Å². The molecule has 3 heteroatoms. The first-order chi connectivity index (χ1) is 7.25. The predicted molar refractivity (Wildman–Crippen MR) is 59.2 cm³/mol. The van der Waals surface area contributed by atoms with Gasteiger partial charge in [0.25, 0.3) is 0 Å². The zero-order valence-electron chi connectivity index (χ0n) is 8.94. The monoisotopic (exact) mass is 205 g/mol. The van der Waals surface area contributed by atoms with Crippen molar-refractivity contribution >= 4 is 5.69 Å². The molecule has 2 rings (SSSR count). The van der Waals surface area contributed by atoms with Gasteiger partial charge in [-0.2, -0.15) is 0 Å². The highest BCUT2D eigenvalue weighted by atomic mass is 16.9. The highest BCUT2D eigenvalue weighted by Crippen LogP contribution is 2.22. The summed E-state index contributed by atoms with van der Waals surface area (Å²) >= 11 is 0. The third-order valence-corrected chi connectivity index (χ3v) is 2.24. The van der Waals surface area contributed by atoms with Crippen molar-refractivity contribution in [3.05, 3.63) is 42.1 Å². The van der Waals surface area contributed by atoms with E-state index in [2.05, 4.69) is 5.32 Å². The molecule has 1 aliphatic rings. The molecule has 0 amide bonds. The molecule has 0 radical (unpaired) electrons. The summed E-state index contributed by atoms with van der Waals surface area (Å²) in [4.78, 5) is 0. The maximum absolute atomic E-state index is 5.36. The molecule has 1 aromatic carbocycles. The Morgan fingerprint density at radius 1 is 1.27 bits per heavy atom. The Kier molecular flexibility index (Phi) is 3.04. The molecule has 0 aromatic heterocycles. The fourth-order valence-corrected chi connectivity index (χ4v) is 1.37. The number of anilines is 1. The summed E-state index contributed by atoms with van der Waals surface area (Å²) in [6, 6.07) is 9.99. The van der Waals surface area contributed by atoms with E-state index in [-0.39, 0.29) is 12.6 Å². The number of nitrogens with one attached hydrogen (secondary N) is 1. The van der Waals surface area contributed by atoms with Crippen LogP contribution in [0.2, 0.25) is 0 Å². The molecule has 0 saturated carbocycles. The van der Waals surface area contributed by atoms with Crippen LogP contribution in [0, 0.1) is 0 Å². The number of hydrogen-bond acceptors (Lipinski definition) is 3. The molecule has 80 valence electrons. The summed E-state index contributed by atoms with van der Waals surface area (Å²) in [5, 5.41) is 3.19. The second-order valence-electron chi connectivity index (χ2n) is 3.57. The molecule has 1 saturated heterocycles. The largest absolute Gasteiger partial charge is 0.362 e. The number of para-hydroxylation sites is 1. The van der Waals surface area contributed by atoms with Crippen molar-refractivity contribution in [1.29, 1.82) is 0 Å². The van der Waals surface area contributed by atoms with Gasteiger partial charge in [-0.05, 0) is 31.6 Å². The minimum absolute atomic E-state index is 0.0740. The van der Waals surface area contributed by atoms with Crippen LogP contribution in [-0.2, 0) is 9.47 Å². The summed E-state index contributed by atoms with van der Waals surface area (Å²) < 4.78 is 10.7. The van der Waals surface area contributed by atoms with E-state index >= 15 is 0 Å². The van der Waals surface area contributed by atoms with Crippen LogP contribution in [0.25, 0.3) is 0 Å². The zero-order chi connectivity index (χ0) is 10.7. The van der Waals surface area contributed by atoms with E-state index in [1.807, 2.05) is 50.4 Å². The van der Waals surface area contributed by atoms with Gasteiger partial charge in [-0.25, -0.2) is 0 Å². The first-order valence-corrected chi connectivity index (χ1v) is 5.05. The topological polar surface area (TPSA) is 30.5 Å². The van der Waals surface area contributed by atoms with Crippen LogP contribution in [0.3, 0.4) is 0 Å². The molecule has 1 N–H and O–H groups in total. The fourth-order valence-electron chi connectivity index (χ4n) is 1.37. The third-order valence-electron chi connectivity index (χ3n) is 2.24. The van der Waals surface area contributed by atoms with E-state index in [1.165, 1.54) is 0 Å². The van der Waals surface area contributed by atoms with Crippen LogP contribution < -0.4 is 5.32 Å². The Morgan fingerprint density at radius 3 is 2.53 bits per heavy atom. The Bertz CT molecular complexity index is 342. The molecular weight excluding hydrogens is 190 g/mol. The lowest BCUT2D eigenvalue weighted by Gasteiger charge is -2.34. The van der Waals surface area contributed by atoms with Gasteiger partial charge in [0.2, 0.25) is 0 Å². The van der Waals surface area contributed by atoms with Crippen molar-refractivity contribution in [2.45, 2.75) is 26.4 Å². The first-order valence-electron chi connectivity index (χ1n) is 5.05. The zero-order valence-corrected chi connectivity index (χ0v) is 8.94. The Labute approximate surface area is 89.7 Å². The van der Waals surface area contributed by atoms with Crippen LogP contribution in [-0.4, -0.2) is 12.6 Å². The molecular formula is C12H15NO2. The molecule has 0 aliphatic carbocycles. The van der Waals surface area contributed by atoms with Gasteiger partial charge in [0.1, 0.15) is 0 Å². The molecule has 1 aromatic rings. The molecule has 0 atom stereocenters. The molecule has 0 bridgehead atoms. The van der Waals surface area contributed by atoms with Crippen LogP contribution in [0.15, 0.2) is 42.1 Å². The molecule has 15 heavy (non-hydrogen) atoms. The van der Waals surface area contributed by atoms with Crippen molar-refractivity contribution in [1.82, 2.24) is 0 Å². The molecule has 1 heterocycles. The quantitative estimate of drug-likeness (QED) is 0.823. The Morgan fingerprint density at radius 2 is 1.93 bits per heavy atom. The minimum Gasteiger partial charge on any atom is -0.362 e. The van der Waals surface area contributed by atoms with Crippen molar-refractivity contribution in [3.8, 4) is 0 Å². The SMILES string of the molecule is C/C(=C/Nc1ccccc1)C1OC(C)O1. The van der Waals surface area contributed by atoms with Gasteiger partial charge in [0, 0.05) is 11.9 Å². The lowest BCUT2D eigenvalue weighted by Crippen LogP contribution is -2.39. The van der Waals surface area contributed by atoms with E-state index in [0.29, 0.717) is 0 Å². The van der Waals surface area contributed by atoms with E-state index in [1.54, 1.807) is 0 Å². The summed E-state index contributed by atoms with van der Waals surface area (Å²) in [6.45, 7) is 3.86. The van der Waals surface area contributed by atoms with Gasteiger partial charge in [-0.3, -0.25) is 0 Å².